The van der Waals surface area contributed by atoms with Crippen LogP contribution in [0.1, 0.15) is 140 Å². The average molecular weight is 1960 g/mol. The molecule has 4 heterocycles. The Morgan fingerprint density at radius 1 is 0.316 bits per heavy atom. The molecule has 34 unspecified atom stereocenters. The predicted octanol–water partition coefficient (Wildman–Crippen LogP) is -14.5. The number of hydrogen-bond donors (Lipinski definition) is 30. The number of carbonyl (C=O) groups excluding carboxylic acids is 13. The van der Waals surface area contributed by atoms with Gasteiger partial charge in [0.1, 0.15) is 176 Å². The summed E-state index contributed by atoms with van der Waals surface area (Å²) in [5, 5.41) is 176. The highest BCUT2D eigenvalue weighted by Gasteiger charge is 2.58. The molecule has 4 saturated heterocycles. The van der Waals surface area contributed by atoms with Gasteiger partial charge in [0.25, 0.3) is 0 Å². The molecule has 0 bridgehead atoms. The van der Waals surface area contributed by atoms with E-state index in [-0.39, 0.29) is 38.5 Å². The molecule has 58 nitrogen and oxygen atoms in total. The Bertz CT molecular complexity index is 4130. The molecule has 58 heteroatoms. The van der Waals surface area contributed by atoms with E-state index >= 15 is 0 Å². The normalized spacial score (nSPS) is 28.0. The molecule has 4 fully saturated rings. The Morgan fingerprint density at radius 3 is 1.00 bits per heavy atom. The number of aliphatic carboxylic acids is 6. The molecule has 0 aromatic carbocycles. The molecule has 772 valence electrons. The van der Waals surface area contributed by atoms with Gasteiger partial charge < -0.3 is 200 Å². The van der Waals surface area contributed by atoms with Crippen molar-refractivity contribution in [3.63, 3.8) is 0 Å². The molecule has 0 radical (unpaired) electrons. The van der Waals surface area contributed by atoms with Crippen LogP contribution in [-0.2, 0) is 134 Å². The van der Waals surface area contributed by atoms with Crippen LogP contribution in [0.5, 0.6) is 0 Å². The third kappa shape index (κ3) is 35.6. The van der Waals surface area contributed by atoms with Crippen molar-refractivity contribution >= 4 is 113 Å². The minimum Gasteiger partial charge on any atom is -0.480 e. The summed E-state index contributed by atoms with van der Waals surface area (Å²) in [6.45, 7) is 7.14. The number of carboxylic acid groups (broad SMARTS) is 6. The van der Waals surface area contributed by atoms with E-state index in [4.69, 9.17) is 59.8 Å². The molecular formula is C78H128N16O42. The highest BCUT2D eigenvalue weighted by Crippen LogP contribution is 2.37. The van der Waals surface area contributed by atoms with E-state index in [2.05, 4.69) is 69.1 Å². The van der Waals surface area contributed by atoms with Crippen molar-refractivity contribution < 1.29 is 205 Å². The Hall–Kier alpha value is -10.9. The largest absolute Gasteiger partial charge is 0.480 e. The smallest absolute Gasteiger partial charge is 0.326 e. The van der Waals surface area contributed by atoms with Gasteiger partial charge in [0.15, 0.2) is 25.2 Å². The first kappa shape index (κ1) is 117. The summed E-state index contributed by atoms with van der Waals surface area (Å²) in [4.78, 5) is 246. The maximum Gasteiger partial charge on any atom is 0.326 e. The van der Waals surface area contributed by atoms with Crippen molar-refractivity contribution in [2.45, 2.75) is 348 Å². The van der Waals surface area contributed by atoms with E-state index in [0.29, 0.717) is 0 Å². The molecule has 34 atom stereocenters. The lowest BCUT2D eigenvalue weighted by molar-refractivity contribution is -0.365. The fraction of sp³-hybridized carbons (Fsp3) is 0.756. The van der Waals surface area contributed by atoms with Crippen LogP contribution in [0.2, 0.25) is 0 Å². The number of aliphatic hydroxyl groups excluding tert-OH is 8. The van der Waals surface area contributed by atoms with E-state index < -0.39 is 372 Å². The molecule has 4 rings (SSSR count). The highest BCUT2D eigenvalue weighted by atomic mass is 16.8. The second-order valence-electron chi connectivity index (χ2n) is 32.9. The summed E-state index contributed by atoms with van der Waals surface area (Å²) < 4.78 is 55.3. The molecule has 0 aliphatic carbocycles. The van der Waals surface area contributed by atoms with Gasteiger partial charge in [-0.1, -0.05) is 0 Å². The highest BCUT2D eigenvalue weighted by molar-refractivity contribution is 5.96. The molecule has 4 aliphatic rings. The number of nitrogens with two attached hydrogens (primary N) is 3. The lowest BCUT2D eigenvalue weighted by Gasteiger charge is -2.51. The number of ether oxygens (including phenoxy) is 9. The van der Waals surface area contributed by atoms with Crippen LogP contribution in [0.15, 0.2) is 0 Å². The Morgan fingerprint density at radius 2 is 0.632 bits per heavy atom. The monoisotopic (exact) mass is 1960 g/mol. The third-order valence-corrected chi connectivity index (χ3v) is 21.9. The van der Waals surface area contributed by atoms with Crippen molar-refractivity contribution in [1.82, 2.24) is 69.1 Å². The topological polar surface area (TPSA) is 925 Å². The van der Waals surface area contributed by atoms with Crippen LogP contribution in [0.4, 0.5) is 0 Å². The number of aliphatic hydroxyl groups is 8. The second kappa shape index (κ2) is 55.5. The lowest BCUT2D eigenvalue weighted by atomic mass is 9.93. The first-order chi connectivity index (χ1) is 63.5. The predicted molar refractivity (Wildman–Crippen MR) is 449 cm³/mol. The Labute approximate surface area is 775 Å². The zero-order valence-electron chi connectivity index (χ0n) is 76.0. The summed E-state index contributed by atoms with van der Waals surface area (Å²) in [5.41, 5.74) is 17.5. The van der Waals surface area contributed by atoms with Gasteiger partial charge in [-0.2, -0.15) is 0 Å². The van der Waals surface area contributed by atoms with Gasteiger partial charge in [0.2, 0.25) is 76.8 Å². The summed E-state index contributed by atoms with van der Waals surface area (Å²) in [7, 11) is 0. The summed E-state index contributed by atoms with van der Waals surface area (Å²) in [6.07, 6.45) is -39.8. The second-order valence-corrected chi connectivity index (χ2v) is 32.9. The quantitative estimate of drug-likeness (QED) is 0.0269. The van der Waals surface area contributed by atoms with Crippen LogP contribution in [0, 0.1) is 0 Å². The van der Waals surface area contributed by atoms with Gasteiger partial charge in [-0.3, -0.25) is 81.5 Å². The molecule has 4 aliphatic heterocycles. The minimum atomic E-state index is -2.29. The van der Waals surface area contributed by atoms with Gasteiger partial charge in [0, 0.05) is 33.6 Å². The van der Waals surface area contributed by atoms with Crippen molar-refractivity contribution in [3.8, 4) is 0 Å². The first-order valence-electron chi connectivity index (χ1n) is 43.0. The molecular weight excluding hydrogens is 1830 g/mol. The zero-order chi connectivity index (χ0) is 103. The summed E-state index contributed by atoms with van der Waals surface area (Å²) in [5.74, 6) is -22.8. The number of amides is 13. The van der Waals surface area contributed by atoms with Crippen LogP contribution < -0.4 is 86.3 Å². The maximum atomic E-state index is 14.4. The van der Waals surface area contributed by atoms with Gasteiger partial charge in [-0.15, -0.1) is 0 Å². The Balaban J connectivity index is 1.65. The van der Waals surface area contributed by atoms with Crippen LogP contribution in [0.3, 0.4) is 0 Å². The molecule has 136 heavy (non-hydrogen) atoms. The van der Waals surface area contributed by atoms with E-state index in [1.807, 2.05) is 0 Å². The number of carboxylic acids is 6. The van der Waals surface area contributed by atoms with Gasteiger partial charge in [0.05, 0.1) is 32.5 Å². The number of carbonyl (C=O) groups is 19. The molecule has 0 aromatic rings. The van der Waals surface area contributed by atoms with Crippen molar-refractivity contribution in [3.05, 3.63) is 0 Å². The van der Waals surface area contributed by atoms with Gasteiger partial charge >= 0.3 is 35.8 Å². The molecule has 33 N–H and O–H groups in total. The van der Waals surface area contributed by atoms with Crippen LogP contribution in [0.25, 0.3) is 0 Å². The number of rotatable bonds is 55. The molecule has 0 aromatic heterocycles. The third-order valence-electron chi connectivity index (χ3n) is 21.9. The van der Waals surface area contributed by atoms with Gasteiger partial charge in [-0.25, -0.2) is 9.59 Å². The maximum absolute atomic E-state index is 14.4. The zero-order valence-corrected chi connectivity index (χ0v) is 76.0. The summed E-state index contributed by atoms with van der Waals surface area (Å²) >= 11 is 0. The summed E-state index contributed by atoms with van der Waals surface area (Å²) in [6, 6.07) is -26.3. The number of nitrogens with one attached hydrogen (secondary N) is 13. The van der Waals surface area contributed by atoms with E-state index in [1.165, 1.54) is 13.8 Å². The fourth-order valence-corrected chi connectivity index (χ4v) is 14.1. The molecule has 13 amide bonds. The lowest BCUT2D eigenvalue weighted by Crippen LogP contribution is -2.72. The van der Waals surface area contributed by atoms with Crippen LogP contribution in [-0.4, -0.2) is 418 Å². The fourth-order valence-electron chi connectivity index (χ4n) is 14.1. The van der Waals surface area contributed by atoms with Gasteiger partial charge in [-0.05, 0) is 107 Å². The van der Waals surface area contributed by atoms with E-state index in [0.717, 1.165) is 62.3 Å². The van der Waals surface area contributed by atoms with E-state index in [9.17, 15) is 163 Å². The van der Waals surface area contributed by atoms with Crippen LogP contribution >= 0.6 is 0 Å². The van der Waals surface area contributed by atoms with Crippen molar-refractivity contribution in [1.29, 1.82) is 0 Å². The first-order valence-corrected chi connectivity index (χ1v) is 43.0. The molecule has 0 saturated carbocycles. The van der Waals surface area contributed by atoms with Crippen molar-refractivity contribution in [2.24, 2.45) is 17.2 Å². The van der Waals surface area contributed by atoms with E-state index in [1.54, 1.807) is 0 Å². The van der Waals surface area contributed by atoms with Crippen molar-refractivity contribution in [2.75, 3.05) is 26.4 Å². The molecule has 0 spiro atoms. The standard InChI is InChI=1S/C78H128N16O42/c1-26(61(107)86-30(5)69(115)116)84-67(113)39(16-12-14-37(79)71(119)120)91-47(102)20-18-41(73(123)124)93-63(109)28(3)82-65(111)32(7)128-59-51(89-35(10)100)75(127)130-45(24-97)57(59)136-77-50(88-34(9)99)55(106)56(44(23-96)132-77)134-78-52(90-36(11)101)60(58(46(25-98)133-78)135-76-49(81)54(105)53(104)43(22-95)131-76)129-33(8)66(112)83-29(4)64(110)94-42(74(125)126)19-21-48(103)92-40(17-13-15-38(80)72(121)122)68(114)85-27(2)62(108)87-31(6)70(117)118/h26-33,37-46,49-60,75-78,95-98,104-106,127H,12-25,79-81H2,1-11H3,(H,82,111)(H,83,112)(H,84,113)(H,85,114)(H,86,107)(H,87,108)(H,88,99)(H,89,100)(H,90,101)(H,91,102)(H,92,103)(H,93,109)(H,94,110)(H,115,116)(H,117,118)(H,119,120)(H,121,122)(H,123,124)(H,125,126). The minimum absolute atomic E-state index is 0.101. The Kier molecular flexibility index (Phi) is 47.9. The number of hydrogen-bond acceptors (Lipinski definition) is 39. The SMILES string of the molecule is CC(=O)NC1C(OC2C(CO)OC(O)C(NC(C)=O)C2OC(C)C(=O)NC(C)C(=O)NC(CCC(=O)NC(CCCC(N)C(=O)O)C(=O)NC(C)C(=O)NC(C)C(=O)O)C(=O)O)OC(CO)C(OC2OC(CO)C(OC3OC(CO)C(O)C(O)C3N)C(OC(C)C(=O)NC(C)C(=O)NC(CCC(=O)NC(CCCC(N)C(=O)O)C(=O)NC(C)C(=O)NC(C)C(=O)O)C(=O)O)C2NC(C)=O)C1O. The average Bonchev–Trinajstić information content (AvgIpc) is 0.757.